The molecule has 1 aromatic heterocycles. The lowest BCUT2D eigenvalue weighted by atomic mass is 10.0. The van der Waals surface area contributed by atoms with Crippen LogP contribution in [0.15, 0.2) is 46.0 Å². The van der Waals surface area contributed by atoms with Gasteiger partial charge < -0.3 is 31.1 Å². The highest BCUT2D eigenvalue weighted by molar-refractivity contribution is 9.10. The smallest absolute Gasteiger partial charge is 0.305 e. The minimum absolute atomic E-state index is 0.0233. The van der Waals surface area contributed by atoms with Crippen molar-refractivity contribution in [1.82, 2.24) is 26.1 Å². The highest BCUT2D eigenvalue weighted by atomic mass is 79.9. The molecule has 0 aliphatic carbocycles. The highest BCUT2D eigenvalue weighted by Crippen LogP contribution is 2.29. The predicted octanol–water partition coefficient (Wildman–Crippen LogP) is 2.11. The number of carbonyl (C=O) groups excluding carboxylic acids is 2. The summed E-state index contributed by atoms with van der Waals surface area (Å²) in [4.78, 5) is 41.0. The summed E-state index contributed by atoms with van der Waals surface area (Å²) in [5.41, 5.74) is 1.87. The molecule has 1 aliphatic heterocycles. The number of carboxylic acids is 1. The Morgan fingerprint density at radius 1 is 1.29 bits per heavy atom. The topological polar surface area (TPSA) is 170 Å². The molecule has 6 N–H and O–H groups in total. The van der Waals surface area contributed by atoms with E-state index in [4.69, 9.17) is 4.74 Å². The molecule has 2 aromatic carbocycles. The molecule has 12 nitrogen and oxygen atoms in total. The number of benzene rings is 2. The van der Waals surface area contributed by atoms with E-state index in [-0.39, 0.29) is 31.6 Å². The first-order valence-electron chi connectivity index (χ1n) is 11.5. The summed E-state index contributed by atoms with van der Waals surface area (Å²) in [6.45, 7) is -0.246. The van der Waals surface area contributed by atoms with Gasteiger partial charge in [-0.25, -0.2) is 9.38 Å². The van der Waals surface area contributed by atoms with E-state index in [0.29, 0.717) is 38.3 Å². The van der Waals surface area contributed by atoms with Gasteiger partial charge in [-0.15, -0.1) is 0 Å². The Bertz CT molecular complexity index is 1400. The van der Waals surface area contributed by atoms with E-state index in [9.17, 15) is 23.9 Å². The Morgan fingerprint density at radius 2 is 2.11 bits per heavy atom. The zero-order chi connectivity index (χ0) is 27.2. The third-order valence-corrected chi connectivity index (χ3v) is 6.33. The van der Waals surface area contributed by atoms with E-state index in [1.807, 2.05) is 0 Å². The quantitative estimate of drug-likeness (QED) is 0.220. The van der Waals surface area contributed by atoms with Gasteiger partial charge in [0.15, 0.2) is 5.96 Å². The Balaban J connectivity index is 1.43. The van der Waals surface area contributed by atoms with E-state index in [1.54, 1.807) is 36.5 Å². The predicted molar refractivity (Wildman–Crippen MR) is 141 cm³/mol. The van der Waals surface area contributed by atoms with E-state index >= 15 is 0 Å². The van der Waals surface area contributed by atoms with Crippen LogP contribution in [0.1, 0.15) is 28.4 Å². The Hall–Kier alpha value is -4.20. The summed E-state index contributed by atoms with van der Waals surface area (Å²) in [7, 11) is 1.50. The van der Waals surface area contributed by atoms with Crippen LogP contribution < -0.4 is 26.0 Å². The summed E-state index contributed by atoms with van der Waals surface area (Å²) in [6, 6.07) is 7.30. The Labute approximate surface area is 224 Å². The van der Waals surface area contributed by atoms with Crippen molar-refractivity contribution in [1.29, 1.82) is 0 Å². The van der Waals surface area contributed by atoms with Crippen LogP contribution in [-0.4, -0.2) is 72.0 Å². The number of H-pyrrole nitrogens is 1. The zero-order valence-electron chi connectivity index (χ0n) is 20.2. The number of aromatic nitrogens is 2. The first kappa shape index (κ1) is 26.9. The molecule has 2 unspecified atom stereocenters. The second kappa shape index (κ2) is 11.9. The van der Waals surface area contributed by atoms with Gasteiger partial charge in [0.2, 0.25) is 5.91 Å². The fourth-order valence-electron chi connectivity index (χ4n) is 3.85. The van der Waals surface area contributed by atoms with Crippen molar-refractivity contribution >= 4 is 56.3 Å². The number of nitrogens with zero attached hydrogens (tertiary/aromatic N) is 2. The molecule has 0 saturated heterocycles. The standard InChI is InChI=1S/C24H25BrFN7O5/c1-38-20-3-2-12(4-16(20)25)17(7-22(35)36)31-21(34)11-27-23(37)13-5-18(15-10-30-33-19(15)6-13)32-24-28-8-14(26)9-29-24/h2-6,10,14,17H,7-9,11H2,1H3,(H,27,37)(H,30,33)(H,31,34)(H,35,36)(H2,28,29,32). The lowest BCUT2D eigenvalue weighted by Crippen LogP contribution is -2.41. The van der Waals surface area contributed by atoms with Crippen molar-refractivity contribution in [2.45, 2.75) is 18.6 Å². The average molecular weight is 590 g/mol. The number of carboxylic acid groups (broad SMARTS) is 1. The van der Waals surface area contributed by atoms with Crippen LogP contribution >= 0.6 is 15.9 Å². The summed E-state index contributed by atoms with van der Waals surface area (Å²) in [6.07, 6.45) is 0.151. The van der Waals surface area contributed by atoms with Crippen LogP contribution in [0.3, 0.4) is 0 Å². The van der Waals surface area contributed by atoms with Crippen molar-refractivity contribution in [3.8, 4) is 5.75 Å². The second-order valence-electron chi connectivity index (χ2n) is 8.44. The summed E-state index contributed by atoms with van der Waals surface area (Å²) < 4.78 is 19.2. The SMILES string of the molecule is COc1ccc(C(CC(=O)O)NC(=O)CNC(=O)c2cc(NC3=NCC(F)CN3)c3cn[nH]c3c2)cc1Br. The van der Waals surface area contributed by atoms with Gasteiger partial charge in [0, 0.05) is 10.9 Å². The zero-order valence-corrected chi connectivity index (χ0v) is 21.8. The fraction of sp³-hybridized carbons (Fsp3) is 0.292. The average Bonchev–Trinajstić information content (AvgIpc) is 3.37. The molecule has 2 heterocycles. The maximum Gasteiger partial charge on any atom is 0.305 e. The van der Waals surface area contributed by atoms with Crippen molar-refractivity contribution in [3.05, 3.63) is 52.1 Å². The van der Waals surface area contributed by atoms with Gasteiger partial charge >= 0.3 is 5.97 Å². The molecule has 2 amide bonds. The van der Waals surface area contributed by atoms with Gasteiger partial charge in [0.05, 0.1) is 61.1 Å². The molecule has 0 radical (unpaired) electrons. The lowest BCUT2D eigenvalue weighted by Gasteiger charge is -2.19. The number of methoxy groups -OCH3 is 1. The van der Waals surface area contributed by atoms with Crippen LogP contribution in [0.25, 0.3) is 10.9 Å². The van der Waals surface area contributed by atoms with E-state index in [0.717, 1.165) is 0 Å². The molecular weight excluding hydrogens is 565 g/mol. The molecule has 3 aromatic rings. The van der Waals surface area contributed by atoms with Crippen molar-refractivity contribution in [3.63, 3.8) is 0 Å². The number of anilines is 1. The van der Waals surface area contributed by atoms with Gasteiger partial charge in [0.25, 0.3) is 5.91 Å². The number of alkyl halides is 1. The van der Waals surface area contributed by atoms with E-state index < -0.39 is 30.0 Å². The number of nitrogens with one attached hydrogen (secondary N) is 5. The van der Waals surface area contributed by atoms with Crippen LogP contribution in [0.2, 0.25) is 0 Å². The molecule has 0 saturated carbocycles. The molecule has 0 bridgehead atoms. The highest BCUT2D eigenvalue weighted by Gasteiger charge is 2.21. The van der Waals surface area contributed by atoms with Crippen LogP contribution in [0.4, 0.5) is 10.1 Å². The molecule has 14 heteroatoms. The van der Waals surface area contributed by atoms with Gasteiger partial charge in [-0.3, -0.25) is 19.5 Å². The molecule has 38 heavy (non-hydrogen) atoms. The van der Waals surface area contributed by atoms with Gasteiger partial charge in [-0.05, 0) is 45.8 Å². The maximum atomic E-state index is 13.4. The number of carbonyl (C=O) groups is 3. The molecule has 1 aliphatic rings. The molecule has 2 atom stereocenters. The summed E-state index contributed by atoms with van der Waals surface area (Å²) in [5, 5.41) is 27.9. The van der Waals surface area contributed by atoms with Gasteiger partial charge in [0.1, 0.15) is 11.9 Å². The third kappa shape index (κ3) is 6.56. The third-order valence-electron chi connectivity index (χ3n) is 5.71. The number of hydrogen-bond acceptors (Lipinski definition) is 8. The number of amides is 2. The molecule has 4 rings (SSSR count). The van der Waals surface area contributed by atoms with E-state index in [2.05, 4.69) is 52.4 Å². The van der Waals surface area contributed by atoms with Gasteiger partial charge in [-0.2, -0.15) is 5.10 Å². The van der Waals surface area contributed by atoms with Crippen LogP contribution in [0.5, 0.6) is 5.75 Å². The Kier molecular flexibility index (Phi) is 8.41. The summed E-state index contributed by atoms with van der Waals surface area (Å²) >= 11 is 3.36. The minimum atomic E-state index is -1.10. The molecule has 0 spiro atoms. The fourth-order valence-corrected chi connectivity index (χ4v) is 4.41. The lowest BCUT2D eigenvalue weighted by molar-refractivity contribution is -0.137. The van der Waals surface area contributed by atoms with E-state index in [1.165, 1.54) is 7.11 Å². The molecule has 200 valence electrons. The minimum Gasteiger partial charge on any atom is -0.496 e. The number of aliphatic carboxylic acids is 1. The van der Waals surface area contributed by atoms with Crippen LogP contribution in [0, 0.1) is 0 Å². The number of rotatable bonds is 9. The first-order chi connectivity index (χ1) is 18.2. The first-order valence-corrected chi connectivity index (χ1v) is 12.3. The normalized spacial score (nSPS) is 15.7. The molecule has 0 fully saturated rings. The van der Waals surface area contributed by atoms with Gasteiger partial charge in [-0.1, -0.05) is 6.07 Å². The number of ether oxygens (including phenoxy) is 1. The number of halogens is 2. The monoisotopic (exact) mass is 589 g/mol. The van der Waals surface area contributed by atoms with Crippen molar-refractivity contribution < 1.29 is 28.6 Å². The number of guanidine groups is 1. The maximum absolute atomic E-state index is 13.4. The van der Waals surface area contributed by atoms with Crippen molar-refractivity contribution in [2.24, 2.45) is 4.99 Å². The largest absolute Gasteiger partial charge is 0.496 e. The second-order valence-corrected chi connectivity index (χ2v) is 9.30. The summed E-state index contributed by atoms with van der Waals surface area (Å²) in [5.74, 6) is -1.28. The molecular formula is C24H25BrFN7O5. The van der Waals surface area contributed by atoms with Crippen molar-refractivity contribution in [2.75, 3.05) is 32.1 Å². The number of aromatic amines is 1. The number of fused-ring (bicyclic) bond motifs is 1. The number of aliphatic imine (C=N–C) groups is 1. The Morgan fingerprint density at radius 3 is 2.79 bits per heavy atom. The van der Waals surface area contributed by atoms with Crippen LogP contribution in [-0.2, 0) is 9.59 Å². The number of hydrogen-bond donors (Lipinski definition) is 6.